The normalized spacial score (nSPS) is 14.6. The Labute approximate surface area is 197 Å². The Morgan fingerprint density at radius 1 is 1.07 bits per heavy atom. The first-order chi connectivity index (χ1) is 14.1. The van der Waals surface area contributed by atoms with Gasteiger partial charge in [-0.25, -0.2) is 8.42 Å². The van der Waals surface area contributed by atoms with Crippen LogP contribution in [0.15, 0.2) is 71.7 Å². The summed E-state index contributed by atoms with van der Waals surface area (Å²) in [6.45, 7) is 2.29. The van der Waals surface area contributed by atoms with Gasteiger partial charge in [-0.05, 0) is 29.5 Å². The van der Waals surface area contributed by atoms with Gasteiger partial charge in [-0.1, -0.05) is 66.7 Å². The van der Waals surface area contributed by atoms with Crippen LogP contribution in [0.2, 0.25) is 0 Å². The molecule has 162 valence electrons. The summed E-state index contributed by atoms with van der Waals surface area (Å²) < 4.78 is 24.6. The molecular formula is C23H30IN3O2S. The molecule has 0 aromatic heterocycles. The van der Waals surface area contributed by atoms with Crippen LogP contribution in [0.1, 0.15) is 24.0 Å². The molecule has 0 amide bonds. The summed E-state index contributed by atoms with van der Waals surface area (Å²) in [5.41, 5.74) is 3.48. The number of guanidine groups is 1. The second-order valence-corrected chi connectivity index (χ2v) is 9.38. The molecule has 5 nitrogen and oxygen atoms in total. The van der Waals surface area contributed by atoms with Crippen molar-refractivity contribution in [3.05, 3.63) is 77.9 Å². The minimum absolute atomic E-state index is 0. The highest BCUT2D eigenvalue weighted by Gasteiger charge is 2.16. The van der Waals surface area contributed by atoms with E-state index in [2.05, 4.69) is 45.6 Å². The molecule has 7 heteroatoms. The molecule has 0 fully saturated rings. The zero-order valence-electron chi connectivity index (χ0n) is 17.3. The average molecular weight is 539 g/mol. The third kappa shape index (κ3) is 7.43. The van der Waals surface area contributed by atoms with Crippen LogP contribution in [0, 0.1) is 0 Å². The predicted molar refractivity (Wildman–Crippen MR) is 136 cm³/mol. The van der Waals surface area contributed by atoms with E-state index in [-0.39, 0.29) is 35.5 Å². The van der Waals surface area contributed by atoms with E-state index in [9.17, 15) is 8.42 Å². The van der Waals surface area contributed by atoms with Crippen LogP contribution >= 0.6 is 24.0 Å². The number of aliphatic imine (C=N–C) groups is 1. The summed E-state index contributed by atoms with van der Waals surface area (Å²) in [6, 6.07) is 19.8. The Balaban J connectivity index is 0.00000320. The molecule has 0 unspecified atom stereocenters. The summed E-state index contributed by atoms with van der Waals surface area (Å²) in [6.07, 6.45) is 3.78. The first-order valence-corrected chi connectivity index (χ1v) is 11.8. The highest BCUT2D eigenvalue weighted by molar-refractivity contribution is 14.0. The Bertz CT molecular complexity index is 945. The topological polar surface area (TPSA) is 61.8 Å². The Morgan fingerprint density at radius 2 is 1.73 bits per heavy atom. The molecule has 0 spiro atoms. The Morgan fingerprint density at radius 3 is 2.33 bits per heavy atom. The van der Waals surface area contributed by atoms with Gasteiger partial charge in [0.2, 0.25) is 0 Å². The monoisotopic (exact) mass is 539 g/mol. The fourth-order valence-corrected chi connectivity index (χ4v) is 4.93. The van der Waals surface area contributed by atoms with E-state index in [4.69, 9.17) is 0 Å². The van der Waals surface area contributed by atoms with Gasteiger partial charge in [-0.2, -0.15) is 0 Å². The van der Waals surface area contributed by atoms with Crippen molar-refractivity contribution in [2.75, 3.05) is 32.4 Å². The van der Waals surface area contributed by atoms with Crippen LogP contribution in [-0.2, 0) is 15.6 Å². The minimum Gasteiger partial charge on any atom is -0.356 e. The lowest BCUT2D eigenvalue weighted by Crippen LogP contribution is -2.44. The lowest BCUT2D eigenvalue weighted by molar-refractivity contribution is 0.440. The first kappa shape index (κ1) is 24.4. The number of nitrogens with one attached hydrogen (secondary N) is 1. The van der Waals surface area contributed by atoms with Gasteiger partial charge in [-0.15, -0.1) is 24.0 Å². The molecular weight excluding hydrogens is 509 g/mol. The summed E-state index contributed by atoms with van der Waals surface area (Å²) in [4.78, 5) is 6.56. The van der Waals surface area contributed by atoms with E-state index in [1.165, 1.54) is 11.1 Å². The van der Waals surface area contributed by atoms with Gasteiger partial charge in [0.1, 0.15) is 0 Å². The molecule has 0 bridgehead atoms. The number of hydrogen-bond donors (Lipinski definition) is 1. The molecule has 0 saturated heterocycles. The van der Waals surface area contributed by atoms with Crippen molar-refractivity contribution in [2.45, 2.75) is 18.6 Å². The molecule has 0 saturated carbocycles. The second-order valence-electron chi connectivity index (χ2n) is 7.20. The molecule has 0 radical (unpaired) electrons. The van der Waals surface area contributed by atoms with Gasteiger partial charge in [0.05, 0.1) is 11.5 Å². The predicted octanol–water partition coefficient (Wildman–Crippen LogP) is 3.97. The maximum atomic E-state index is 12.3. The van der Waals surface area contributed by atoms with E-state index in [1.54, 1.807) is 7.05 Å². The molecule has 1 aliphatic rings. The molecule has 0 atom stereocenters. The van der Waals surface area contributed by atoms with Crippen molar-refractivity contribution >= 4 is 45.3 Å². The average Bonchev–Trinajstić information content (AvgIpc) is 2.75. The summed E-state index contributed by atoms with van der Waals surface area (Å²) >= 11 is 0. The molecule has 1 aliphatic heterocycles. The Hall–Kier alpha value is -1.87. The number of hydrogen-bond acceptors (Lipinski definition) is 3. The van der Waals surface area contributed by atoms with Crippen LogP contribution < -0.4 is 5.32 Å². The van der Waals surface area contributed by atoms with Crippen molar-refractivity contribution in [2.24, 2.45) is 4.99 Å². The van der Waals surface area contributed by atoms with Crippen molar-refractivity contribution in [3.8, 4) is 0 Å². The fourth-order valence-electron chi connectivity index (χ4n) is 3.50. The third-order valence-corrected chi connectivity index (χ3v) is 6.69. The van der Waals surface area contributed by atoms with Gasteiger partial charge in [0.25, 0.3) is 0 Å². The molecule has 2 aromatic carbocycles. The summed E-state index contributed by atoms with van der Waals surface area (Å²) in [7, 11) is -1.34. The number of rotatable bonds is 7. The minimum atomic E-state index is -3.11. The zero-order valence-corrected chi connectivity index (χ0v) is 20.5. The van der Waals surface area contributed by atoms with Crippen molar-refractivity contribution in [1.82, 2.24) is 10.2 Å². The number of sulfone groups is 1. The van der Waals surface area contributed by atoms with Crippen LogP contribution in [-0.4, -0.2) is 51.7 Å². The largest absolute Gasteiger partial charge is 0.356 e. The lowest BCUT2D eigenvalue weighted by atomic mass is 10.00. The number of benzene rings is 2. The molecule has 1 N–H and O–H groups in total. The van der Waals surface area contributed by atoms with Gasteiger partial charge in [0, 0.05) is 26.7 Å². The second kappa shape index (κ2) is 12.1. The number of nitrogens with zero attached hydrogens (tertiary/aromatic N) is 2. The van der Waals surface area contributed by atoms with Crippen LogP contribution in [0.5, 0.6) is 0 Å². The molecule has 2 aromatic rings. The van der Waals surface area contributed by atoms with Crippen LogP contribution in [0.25, 0.3) is 5.57 Å². The van der Waals surface area contributed by atoms with Crippen LogP contribution in [0.3, 0.4) is 0 Å². The number of halogens is 1. The molecule has 30 heavy (non-hydrogen) atoms. The van der Waals surface area contributed by atoms with Crippen LogP contribution in [0.4, 0.5) is 0 Å². The molecule has 3 rings (SSSR count). The van der Waals surface area contributed by atoms with E-state index in [0.29, 0.717) is 13.0 Å². The van der Waals surface area contributed by atoms with Crippen molar-refractivity contribution < 1.29 is 8.42 Å². The molecule has 1 heterocycles. The van der Waals surface area contributed by atoms with Gasteiger partial charge >= 0.3 is 0 Å². The van der Waals surface area contributed by atoms with Gasteiger partial charge in [0.15, 0.2) is 15.8 Å². The SMILES string of the molecule is CN=C(NCCCS(=O)(=O)Cc1ccccc1)N1CC=C(c2ccccc2)CC1.I. The van der Waals surface area contributed by atoms with E-state index in [1.807, 2.05) is 36.4 Å². The summed E-state index contributed by atoms with van der Waals surface area (Å²) in [5.74, 6) is 1.10. The highest BCUT2D eigenvalue weighted by Crippen LogP contribution is 2.21. The Kier molecular flexibility index (Phi) is 9.84. The molecule has 0 aliphatic carbocycles. The lowest BCUT2D eigenvalue weighted by Gasteiger charge is -2.29. The van der Waals surface area contributed by atoms with E-state index < -0.39 is 9.84 Å². The quantitative estimate of drug-likeness (QED) is 0.251. The van der Waals surface area contributed by atoms with Gasteiger partial charge in [-0.3, -0.25) is 4.99 Å². The smallest absolute Gasteiger partial charge is 0.193 e. The maximum absolute atomic E-state index is 12.3. The maximum Gasteiger partial charge on any atom is 0.193 e. The van der Waals surface area contributed by atoms with E-state index in [0.717, 1.165) is 31.0 Å². The van der Waals surface area contributed by atoms with E-state index >= 15 is 0 Å². The fraction of sp³-hybridized carbons (Fsp3) is 0.348. The first-order valence-electron chi connectivity index (χ1n) is 10.0. The van der Waals surface area contributed by atoms with Crippen molar-refractivity contribution in [3.63, 3.8) is 0 Å². The zero-order chi connectivity index (χ0) is 20.5. The van der Waals surface area contributed by atoms with Crippen molar-refractivity contribution in [1.29, 1.82) is 0 Å². The highest BCUT2D eigenvalue weighted by atomic mass is 127. The standard InChI is InChI=1S/C23H29N3O2S.HI/c1-24-23(26-16-13-22(14-17-26)21-11-6-3-7-12-21)25-15-8-18-29(27,28)19-20-9-4-2-5-10-20;/h2-7,9-13H,8,14-19H2,1H3,(H,24,25);1H. The third-order valence-electron chi connectivity index (χ3n) is 5.01. The summed E-state index contributed by atoms with van der Waals surface area (Å²) in [5, 5.41) is 3.31. The van der Waals surface area contributed by atoms with Gasteiger partial charge < -0.3 is 10.2 Å².